The Balaban J connectivity index is 1.74. The summed E-state index contributed by atoms with van der Waals surface area (Å²) in [5, 5.41) is 12.2. The van der Waals surface area contributed by atoms with E-state index in [1.165, 1.54) is 31.1 Å². The van der Waals surface area contributed by atoms with Crippen molar-refractivity contribution in [2.45, 2.75) is 19.3 Å². The highest BCUT2D eigenvalue weighted by molar-refractivity contribution is 5.63. The number of anilines is 3. The summed E-state index contributed by atoms with van der Waals surface area (Å²) in [4.78, 5) is 10.6. The number of nitrogens with zero attached hydrogens (tertiary/aromatic N) is 4. The Bertz CT molecular complexity index is 638. The summed E-state index contributed by atoms with van der Waals surface area (Å²) in [5.41, 5.74) is 2.46. The second kappa shape index (κ2) is 6.23. The molecule has 1 aliphatic heterocycles. The van der Waals surface area contributed by atoms with Crippen molar-refractivity contribution in [3.63, 3.8) is 0 Å². The van der Waals surface area contributed by atoms with E-state index in [0.717, 1.165) is 18.8 Å². The highest BCUT2D eigenvalue weighted by atomic mass is 15.1. The lowest BCUT2D eigenvalue weighted by Crippen LogP contribution is -2.29. The fraction of sp³-hybridized carbons (Fsp3) is 0.312. The van der Waals surface area contributed by atoms with Crippen molar-refractivity contribution in [3.8, 4) is 6.07 Å². The molecule has 0 radical (unpaired) electrons. The highest BCUT2D eigenvalue weighted by Gasteiger charge is 2.11. The van der Waals surface area contributed by atoms with Crippen molar-refractivity contribution >= 4 is 17.2 Å². The average Bonchev–Trinajstić information content (AvgIpc) is 2.57. The van der Waals surface area contributed by atoms with Crippen LogP contribution in [0, 0.1) is 11.3 Å². The Hall–Kier alpha value is -2.61. The van der Waals surface area contributed by atoms with Gasteiger partial charge in [0.05, 0.1) is 0 Å². The van der Waals surface area contributed by atoms with Crippen LogP contribution in [0.25, 0.3) is 0 Å². The molecule has 21 heavy (non-hydrogen) atoms. The lowest BCUT2D eigenvalue weighted by molar-refractivity contribution is 0.578. The normalized spacial score (nSPS) is 14.5. The molecule has 0 bridgehead atoms. The Morgan fingerprint density at radius 2 is 1.71 bits per heavy atom. The second-order valence-electron chi connectivity index (χ2n) is 5.08. The quantitative estimate of drug-likeness (QED) is 0.935. The second-order valence-corrected chi connectivity index (χ2v) is 5.08. The maximum atomic E-state index is 9.01. The van der Waals surface area contributed by atoms with Crippen LogP contribution in [-0.4, -0.2) is 23.1 Å². The van der Waals surface area contributed by atoms with Crippen LogP contribution in [0.3, 0.4) is 0 Å². The molecular weight excluding hydrogens is 262 g/mol. The van der Waals surface area contributed by atoms with Gasteiger partial charge in [-0.15, -0.1) is 0 Å². The number of aromatic nitrogens is 2. The number of benzene rings is 1. The van der Waals surface area contributed by atoms with E-state index < -0.39 is 0 Å². The van der Waals surface area contributed by atoms with E-state index in [9.17, 15) is 0 Å². The molecule has 1 fully saturated rings. The molecule has 106 valence electrons. The molecule has 1 N–H and O–H groups in total. The van der Waals surface area contributed by atoms with Gasteiger partial charge in [0.25, 0.3) is 0 Å². The zero-order valence-electron chi connectivity index (χ0n) is 11.8. The molecule has 0 saturated carbocycles. The average molecular weight is 279 g/mol. The Morgan fingerprint density at radius 3 is 2.43 bits per heavy atom. The number of hydrogen-bond donors (Lipinski definition) is 1. The number of piperidine rings is 1. The summed E-state index contributed by atoms with van der Waals surface area (Å²) in [5.74, 6) is 0.491. The van der Waals surface area contributed by atoms with Crippen LogP contribution in [-0.2, 0) is 0 Å². The Labute approximate surface area is 124 Å². The predicted octanol–water partition coefficient (Wildman–Crippen LogP) is 3.08. The molecule has 1 saturated heterocycles. The molecule has 5 heteroatoms. The van der Waals surface area contributed by atoms with E-state index in [1.54, 1.807) is 6.20 Å². The molecule has 1 aromatic heterocycles. The summed E-state index contributed by atoms with van der Waals surface area (Å²) in [6, 6.07) is 10.3. The van der Waals surface area contributed by atoms with Crippen LogP contribution < -0.4 is 10.2 Å². The first-order chi connectivity index (χ1) is 10.4. The molecule has 1 aromatic carbocycles. The molecule has 0 unspecified atom stereocenters. The first-order valence-corrected chi connectivity index (χ1v) is 7.20. The molecule has 0 amide bonds. The fourth-order valence-electron chi connectivity index (χ4n) is 2.56. The molecule has 3 rings (SSSR count). The Morgan fingerprint density at radius 1 is 1.00 bits per heavy atom. The third-order valence-electron chi connectivity index (χ3n) is 3.66. The van der Waals surface area contributed by atoms with Gasteiger partial charge in [0.15, 0.2) is 11.5 Å². The van der Waals surface area contributed by atoms with E-state index in [-0.39, 0.29) is 0 Å². The molecule has 0 aliphatic carbocycles. The topological polar surface area (TPSA) is 64.8 Å². The summed E-state index contributed by atoms with van der Waals surface area (Å²) in [6.45, 7) is 2.27. The lowest BCUT2D eigenvalue weighted by atomic mass is 10.1. The van der Waals surface area contributed by atoms with Crippen molar-refractivity contribution in [2.75, 3.05) is 23.3 Å². The maximum absolute atomic E-state index is 9.01. The predicted molar refractivity (Wildman–Crippen MR) is 82.5 cm³/mol. The highest BCUT2D eigenvalue weighted by Crippen LogP contribution is 2.23. The Kier molecular flexibility index (Phi) is 3.97. The van der Waals surface area contributed by atoms with Crippen LogP contribution >= 0.6 is 0 Å². The van der Waals surface area contributed by atoms with Crippen LogP contribution in [0.15, 0.2) is 36.7 Å². The van der Waals surface area contributed by atoms with E-state index >= 15 is 0 Å². The van der Waals surface area contributed by atoms with Gasteiger partial charge in [0.2, 0.25) is 0 Å². The minimum Gasteiger partial charge on any atom is -0.372 e. The summed E-state index contributed by atoms with van der Waals surface area (Å²) in [7, 11) is 0. The SMILES string of the molecule is N#Cc1nccnc1Nc1ccc(N2CCCCC2)cc1. The molecule has 2 heterocycles. The van der Waals surface area contributed by atoms with E-state index in [4.69, 9.17) is 5.26 Å². The van der Waals surface area contributed by atoms with Crippen LogP contribution in [0.5, 0.6) is 0 Å². The maximum Gasteiger partial charge on any atom is 0.183 e. The van der Waals surface area contributed by atoms with Crippen molar-refractivity contribution in [1.82, 2.24) is 9.97 Å². The lowest BCUT2D eigenvalue weighted by Gasteiger charge is -2.28. The first kappa shape index (κ1) is 13.4. The van der Waals surface area contributed by atoms with E-state index in [0.29, 0.717) is 11.5 Å². The van der Waals surface area contributed by atoms with Gasteiger partial charge in [-0.2, -0.15) is 5.26 Å². The molecule has 5 nitrogen and oxygen atoms in total. The number of nitrogens with one attached hydrogen (secondary N) is 1. The van der Waals surface area contributed by atoms with Gasteiger partial charge in [0.1, 0.15) is 6.07 Å². The zero-order chi connectivity index (χ0) is 14.5. The van der Waals surface area contributed by atoms with Crippen molar-refractivity contribution < 1.29 is 0 Å². The summed E-state index contributed by atoms with van der Waals surface area (Å²) < 4.78 is 0. The number of nitriles is 1. The molecule has 1 aliphatic rings. The van der Waals surface area contributed by atoms with E-state index in [2.05, 4.69) is 32.3 Å². The third kappa shape index (κ3) is 3.11. The first-order valence-electron chi connectivity index (χ1n) is 7.20. The molecule has 0 atom stereocenters. The van der Waals surface area contributed by atoms with Crippen LogP contribution in [0.2, 0.25) is 0 Å². The summed E-state index contributed by atoms with van der Waals surface area (Å²) in [6.07, 6.45) is 6.96. The van der Waals surface area contributed by atoms with Gasteiger partial charge < -0.3 is 10.2 Å². The number of rotatable bonds is 3. The van der Waals surface area contributed by atoms with Gasteiger partial charge in [-0.1, -0.05) is 0 Å². The van der Waals surface area contributed by atoms with Gasteiger partial charge in [0, 0.05) is 36.9 Å². The van der Waals surface area contributed by atoms with Crippen molar-refractivity contribution in [2.24, 2.45) is 0 Å². The number of hydrogen-bond acceptors (Lipinski definition) is 5. The van der Waals surface area contributed by atoms with Gasteiger partial charge in [-0.25, -0.2) is 9.97 Å². The zero-order valence-corrected chi connectivity index (χ0v) is 11.8. The van der Waals surface area contributed by atoms with Gasteiger partial charge in [-0.05, 0) is 43.5 Å². The molecule has 0 spiro atoms. The minimum atomic E-state index is 0.303. The largest absolute Gasteiger partial charge is 0.372 e. The fourth-order valence-corrected chi connectivity index (χ4v) is 2.56. The van der Waals surface area contributed by atoms with Gasteiger partial charge >= 0.3 is 0 Å². The van der Waals surface area contributed by atoms with Crippen molar-refractivity contribution in [1.29, 1.82) is 5.26 Å². The molecule has 2 aromatic rings. The van der Waals surface area contributed by atoms with E-state index in [1.807, 2.05) is 18.2 Å². The summed E-state index contributed by atoms with van der Waals surface area (Å²) >= 11 is 0. The molecular formula is C16H17N5. The third-order valence-corrected chi connectivity index (χ3v) is 3.66. The van der Waals surface area contributed by atoms with Crippen LogP contribution in [0.4, 0.5) is 17.2 Å². The van der Waals surface area contributed by atoms with Crippen LogP contribution in [0.1, 0.15) is 25.0 Å². The standard InChI is InChI=1S/C16H17N5/c17-12-15-16(19-9-8-18-15)20-13-4-6-14(7-5-13)21-10-2-1-3-11-21/h4-9H,1-3,10-11H2,(H,19,20). The smallest absolute Gasteiger partial charge is 0.183 e. The van der Waals surface area contributed by atoms with Gasteiger partial charge in [-0.3, -0.25) is 0 Å². The minimum absolute atomic E-state index is 0.303. The monoisotopic (exact) mass is 279 g/mol. The van der Waals surface area contributed by atoms with Crippen molar-refractivity contribution in [3.05, 3.63) is 42.4 Å².